The van der Waals surface area contributed by atoms with Crippen LogP contribution in [0.2, 0.25) is 0 Å². The molecule has 0 spiro atoms. The molecule has 106 valence electrons. The smallest absolute Gasteiger partial charge is 0.0416 e. The normalized spacial score (nSPS) is 16.8. The topological polar surface area (TPSA) is 28.2 Å². The zero-order valence-electron chi connectivity index (χ0n) is 12.3. The second-order valence-corrected chi connectivity index (χ2v) is 5.77. The van der Waals surface area contributed by atoms with Gasteiger partial charge in [-0.1, -0.05) is 6.07 Å². The van der Waals surface area contributed by atoms with Crippen molar-refractivity contribution >= 4 is 0 Å². The predicted molar refractivity (Wildman–Crippen MR) is 80.3 cm³/mol. The van der Waals surface area contributed by atoms with Gasteiger partial charge in [-0.05, 0) is 58.3 Å². The Morgan fingerprint density at radius 2 is 2.26 bits per heavy atom. The monoisotopic (exact) mass is 261 g/mol. The number of nitrogens with one attached hydrogen (secondary N) is 1. The summed E-state index contributed by atoms with van der Waals surface area (Å²) in [6, 6.07) is 7.65. The van der Waals surface area contributed by atoms with Crippen molar-refractivity contribution in [2.45, 2.75) is 51.1 Å². The molecule has 1 N–H and O–H groups in total. The Morgan fingerprint density at radius 3 is 2.95 bits per heavy atom. The van der Waals surface area contributed by atoms with Crippen molar-refractivity contribution in [1.82, 2.24) is 15.2 Å². The first kappa shape index (κ1) is 14.5. The first-order chi connectivity index (χ1) is 9.25. The predicted octanol–water partition coefficient (Wildman–Crippen LogP) is 2.48. The third-order valence-corrected chi connectivity index (χ3v) is 4.01. The van der Waals surface area contributed by atoms with Crippen LogP contribution in [0.4, 0.5) is 0 Å². The van der Waals surface area contributed by atoms with Crippen molar-refractivity contribution in [3.8, 4) is 0 Å². The van der Waals surface area contributed by atoms with Gasteiger partial charge in [0.1, 0.15) is 0 Å². The first-order valence-corrected chi connectivity index (χ1v) is 7.59. The minimum absolute atomic E-state index is 0.657. The second-order valence-electron chi connectivity index (χ2n) is 5.77. The van der Waals surface area contributed by atoms with Gasteiger partial charge in [0.05, 0.1) is 0 Å². The van der Waals surface area contributed by atoms with Crippen molar-refractivity contribution in [2.75, 3.05) is 20.1 Å². The standard InChI is InChI=1S/C16H27N3/c1-14(6-5-12-18-16-8-9-16)19(2)13-10-15-7-3-4-11-17-15/h3-4,7,11,14,16,18H,5-6,8-10,12-13H2,1-2H3. The van der Waals surface area contributed by atoms with Gasteiger partial charge < -0.3 is 10.2 Å². The van der Waals surface area contributed by atoms with Gasteiger partial charge in [0.15, 0.2) is 0 Å². The summed E-state index contributed by atoms with van der Waals surface area (Å²) in [6.07, 6.45) is 8.26. The molecule has 1 atom stereocenters. The van der Waals surface area contributed by atoms with Gasteiger partial charge in [0.25, 0.3) is 0 Å². The van der Waals surface area contributed by atoms with E-state index < -0.39 is 0 Å². The number of hydrogen-bond donors (Lipinski definition) is 1. The fourth-order valence-electron chi connectivity index (χ4n) is 2.27. The van der Waals surface area contributed by atoms with Crippen molar-refractivity contribution in [3.63, 3.8) is 0 Å². The number of pyridine rings is 1. The highest BCUT2D eigenvalue weighted by Gasteiger charge is 2.19. The van der Waals surface area contributed by atoms with Crippen LogP contribution in [0.5, 0.6) is 0 Å². The highest BCUT2D eigenvalue weighted by atomic mass is 15.1. The van der Waals surface area contributed by atoms with Crippen molar-refractivity contribution in [1.29, 1.82) is 0 Å². The van der Waals surface area contributed by atoms with Gasteiger partial charge in [-0.2, -0.15) is 0 Å². The van der Waals surface area contributed by atoms with Gasteiger partial charge in [-0.25, -0.2) is 0 Å². The molecule has 2 rings (SSSR count). The molecule has 1 heterocycles. The van der Waals surface area contributed by atoms with Gasteiger partial charge in [-0.15, -0.1) is 0 Å². The minimum Gasteiger partial charge on any atom is -0.314 e. The fraction of sp³-hybridized carbons (Fsp3) is 0.688. The molecule has 1 aliphatic rings. The van der Waals surface area contributed by atoms with Gasteiger partial charge in [-0.3, -0.25) is 4.98 Å². The summed E-state index contributed by atoms with van der Waals surface area (Å²) in [5.74, 6) is 0. The average molecular weight is 261 g/mol. The number of hydrogen-bond acceptors (Lipinski definition) is 3. The first-order valence-electron chi connectivity index (χ1n) is 7.59. The third kappa shape index (κ3) is 5.70. The molecule has 1 aliphatic carbocycles. The highest BCUT2D eigenvalue weighted by molar-refractivity contribution is 5.03. The quantitative estimate of drug-likeness (QED) is 0.692. The van der Waals surface area contributed by atoms with Crippen LogP contribution in [0.15, 0.2) is 24.4 Å². The molecule has 1 unspecified atom stereocenters. The van der Waals surface area contributed by atoms with E-state index in [1.807, 2.05) is 12.3 Å². The summed E-state index contributed by atoms with van der Waals surface area (Å²) in [6.45, 7) is 4.60. The lowest BCUT2D eigenvalue weighted by Gasteiger charge is -2.24. The molecule has 3 heteroatoms. The lowest BCUT2D eigenvalue weighted by atomic mass is 10.1. The van der Waals surface area contributed by atoms with E-state index in [1.54, 1.807) is 0 Å². The van der Waals surface area contributed by atoms with Crippen LogP contribution < -0.4 is 5.32 Å². The molecule has 0 amide bonds. The summed E-state index contributed by atoms with van der Waals surface area (Å²) in [7, 11) is 2.22. The van der Waals surface area contributed by atoms with E-state index in [0.717, 1.165) is 19.0 Å². The lowest BCUT2D eigenvalue weighted by Crippen LogP contribution is -2.32. The van der Waals surface area contributed by atoms with Crippen molar-refractivity contribution in [3.05, 3.63) is 30.1 Å². The fourth-order valence-corrected chi connectivity index (χ4v) is 2.27. The molecule has 1 saturated carbocycles. The number of rotatable bonds is 9. The maximum Gasteiger partial charge on any atom is 0.0416 e. The molecule has 1 aromatic rings. The highest BCUT2D eigenvalue weighted by Crippen LogP contribution is 2.18. The van der Waals surface area contributed by atoms with Gasteiger partial charge in [0, 0.05) is 36.9 Å². The summed E-state index contributed by atoms with van der Waals surface area (Å²) in [5.41, 5.74) is 1.19. The molecule has 1 fully saturated rings. The van der Waals surface area contributed by atoms with Gasteiger partial charge >= 0.3 is 0 Å². The van der Waals surface area contributed by atoms with E-state index in [0.29, 0.717) is 6.04 Å². The van der Waals surface area contributed by atoms with Crippen molar-refractivity contribution in [2.24, 2.45) is 0 Å². The van der Waals surface area contributed by atoms with Crippen LogP contribution in [-0.4, -0.2) is 42.1 Å². The Hall–Kier alpha value is -0.930. The van der Waals surface area contributed by atoms with E-state index >= 15 is 0 Å². The molecule has 0 radical (unpaired) electrons. The van der Waals surface area contributed by atoms with Gasteiger partial charge in [0.2, 0.25) is 0 Å². The molecule has 19 heavy (non-hydrogen) atoms. The molecule has 1 aromatic heterocycles. The summed E-state index contributed by atoms with van der Waals surface area (Å²) < 4.78 is 0. The molecule has 0 saturated heterocycles. The largest absolute Gasteiger partial charge is 0.314 e. The van der Waals surface area contributed by atoms with Crippen molar-refractivity contribution < 1.29 is 0 Å². The SMILES string of the molecule is CC(CCCNC1CC1)N(C)CCc1ccccn1. The zero-order valence-corrected chi connectivity index (χ0v) is 12.3. The molecule has 0 aliphatic heterocycles. The Balaban J connectivity index is 1.57. The summed E-state index contributed by atoms with van der Waals surface area (Å²) in [5, 5.41) is 3.58. The Bertz CT molecular complexity index is 348. The lowest BCUT2D eigenvalue weighted by molar-refractivity contribution is 0.244. The Labute approximate surface area is 117 Å². The summed E-state index contributed by atoms with van der Waals surface area (Å²) in [4.78, 5) is 6.83. The average Bonchev–Trinajstić information content (AvgIpc) is 3.26. The maximum atomic E-state index is 4.38. The van der Waals surface area contributed by atoms with Crippen LogP contribution in [-0.2, 0) is 6.42 Å². The molecular formula is C16H27N3. The molecule has 0 bridgehead atoms. The van der Waals surface area contributed by atoms with Crippen LogP contribution in [0, 0.1) is 0 Å². The molecule has 0 aromatic carbocycles. The van der Waals surface area contributed by atoms with E-state index in [1.165, 1.54) is 37.9 Å². The molecular weight excluding hydrogens is 234 g/mol. The number of nitrogens with zero attached hydrogens (tertiary/aromatic N) is 2. The zero-order chi connectivity index (χ0) is 13.5. The van der Waals surface area contributed by atoms with E-state index in [-0.39, 0.29) is 0 Å². The van der Waals surface area contributed by atoms with Crippen LogP contribution in [0.3, 0.4) is 0 Å². The summed E-state index contributed by atoms with van der Waals surface area (Å²) >= 11 is 0. The molecule has 3 nitrogen and oxygen atoms in total. The van der Waals surface area contributed by atoms with E-state index in [2.05, 4.69) is 41.3 Å². The van der Waals surface area contributed by atoms with Crippen LogP contribution >= 0.6 is 0 Å². The van der Waals surface area contributed by atoms with E-state index in [4.69, 9.17) is 0 Å². The Kier molecular flexibility index (Phi) is 5.80. The second kappa shape index (κ2) is 7.61. The number of likely N-dealkylation sites (N-methyl/N-ethyl adjacent to an activating group) is 1. The third-order valence-electron chi connectivity index (χ3n) is 4.01. The Morgan fingerprint density at radius 1 is 1.42 bits per heavy atom. The van der Waals surface area contributed by atoms with Crippen LogP contribution in [0.25, 0.3) is 0 Å². The maximum absolute atomic E-state index is 4.38. The minimum atomic E-state index is 0.657. The van der Waals surface area contributed by atoms with E-state index in [9.17, 15) is 0 Å². The number of aromatic nitrogens is 1. The van der Waals surface area contributed by atoms with Crippen LogP contribution in [0.1, 0.15) is 38.3 Å².